The van der Waals surface area contributed by atoms with E-state index in [1.165, 1.54) is 33.4 Å². The van der Waals surface area contributed by atoms with Crippen molar-refractivity contribution in [3.8, 4) is 80.5 Å². The quantitative estimate of drug-likeness (QED) is 0.0431. The monoisotopic (exact) mass is 1640 g/mol. The molecule has 0 aromatic heterocycles. The fraction of sp³-hybridized carbons (Fsp3) is 0.134. The number of hydrogen-bond donors (Lipinski definition) is 0. The molecule has 0 aliphatic heterocycles. The summed E-state index contributed by atoms with van der Waals surface area (Å²) in [4.78, 5) is 0. The first-order valence-electron chi connectivity index (χ1n) is 37.6. The van der Waals surface area contributed by atoms with Crippen LogP contribution >= 0.6 is 42.8 Å². The molecule has 0 fully saturated rings. The van der Waals surface area contributed by atoms with Crippen molar-refractivity contribution >= 4 is 42.8 Å². The van der Waals surface area contributed by atoms with E-state index in [1.54, 1.807) is 0 Å². The molecule has 116 heavy (non-hydrogen) atoms. The Morgan fingerprint density at radius 3 is 0.543 bits per heavy atom. The minimum absolute atomic E-state index is 0.718. The SMILES string of the molecule is CP(Oc1ccccc1)Oc1ccccc1.Cc1ccc(OP(Oc2ccc(C)cc2)Oc2ccc(C)cc2)cc1.Cc1ccc(OP(Oc2ccc(C)cc2)Oc2ccc(C)cc2)cc1.Cc1cccc(OP(Oc2cccc(C)c2)Oc2cccc(C)c2)c1.Cc1ccccc1OP(Oc1ccccc1C)Oc1ccccc1C. The van der Waals surface area contributed by atoms with Crippen molar-refractivity contribution in [2.45, 2.75) is 83.1 Å². The molecule has 14 aromatic rings. The van der Waals surface area contributed by atoms with Crippen LogP contribution in [0.2, 0.25) is 0 Å². The minimum atomic E-state index is -1.64. The van der Waals surface area contributed by atoms with Gasteiger partial charge in [-0.25, -0.2) is 0 Å². The highest BCUT2D eigenvalue weighted by Crippen LogP contribution is 2.48. The van der Waals surface area contributed by atoms with E-state index < -0.39 is 42.8 Å². The second-order valence-corrected chi connectivity index (χ2v) is 32.1. The summed E-state index contributed by atoms with van der Waals surface area (Å²) in [6, 6.07) is 114. The molecule has 19 heteroatoms. The molecule has 0 saturated heterocycles. The molecular weight excluding hydrogens is 1540 g/mol. The predicted octanol–water partition coefficient (Wildman–Crippen LogP) is 29.6. The van der Waals surface area contributed by atoms with Gasteiger partial charge in [0.25, 0.3) is 8.38 Å². The zero-order valence-corrected chi connectivity index (χ0v) is 71.9. The average Bonchev–Trinajstić information content (AvgIpc) is 0.898. The lowest BCUT2D eigenvalue weighted by Crippen LogP contribution is -2.04. The lowest BCUT2D eigenvalue weighted by atomic mass is 10.2. The lowest BCUT2D eigenvalue weighted by Gasteiger charge is -2.20. The van der Waals surface area contributed by atoms with Crippen LogP contribution in [0.25, 0.3) is 0 Å². The number of rotatable bonds is 28. The van der Waals surface area contributed by atoms with Gasteiger partial charge in [-0.2, -0.15) is 0 Å². The number of benzene rings is 14. The first-order valence-corrected chi connectivity index (χ1v) is 43.6. The molecule has 0 saturated carbocycles. The second-order valence-electron chi connectivity index (χ2n) is 26.9. The normalized spacial score (nSPS) is 10.5. The van der Waals surface area contributed by atoms with Crippen molar-refractivity contribution in [1.29, 1.82) is 0 Å². The first kappa shape index (κ1) is 86.8. The number of para-hydroxylation sites is 5. The Morgan fingerprint density at radius 2 is 0.328 bits per heavy atom. The van der Waals surface area contributed by atoms with E-state index >= 15 is 0 Å². The van der Waals surface area contributed by atoms with E-state index in [0.29, 0.717) is 0 Å². The van der Waals surface area contributed by atoms with E-state index in [-0.39, 0.29) is 0 Å². The highest BCUT2D eigenvalue weighted by atomic mass is 31.2. The van der Waals surface area contributed by atoms with E-state index in [1.807, 2.05) is 442 Å². The molecule has 0 aliphatic rings. The Labute approximate surface area is 690 Å². The molecule has 594 valence electrons. The van der Waals surface area contributed by atoms with Crippen LogP contribution in [0.15, 0.2) is 352 Å². The van der Waals surface area contributed by atoms with Gasteiger partial charge >= 0.3 is 34.4 Å². The Hall–Kier alpha value is -11.6. The average molecular weight is 1640 g/mol. The zero-order chi connectivity index (χ0) is 81.8. The molecule has 0 bridgehead atoms. The summed E-state index contributed by atoms with van der Waals surface area (Å²) in [5, 5.41) is 0. The van der Waals surface area contributed by atoms with Crippen molar-refractivity contribution in [3.63, 3.8) is 0 Å². The highest BCUT2D eigenvalue weighted by molar-refractivity contribution is 7.47. The van der Waals surface area contributed by atoms with Gasteiger partial charge in [0.2, 0.25) is 0 Å². The second kappa shape index (κ2) is 46.1. The molecule has 0 amide bonds. The van der Waals surface area contributed by atoms with Gasteiger partial charge in [0.05, 0.1) is 0 Å². The summed E-state index contributed by atoms with van der Waals surface area (Å²) in [7, 11) is -7.43. The third-order valence-electron chi connectivity index (χ3n) is 16.5. The van der Waals surface area contributed by atoms with Gasteiger partial charge in [0.15, 0.2) is 0 Å². The molecule has 0 N–H and O–H groups in total. The number of aryl methyl sites for hydroxylation is 12. The fourth-order valence-electron chi connectivity index (χ4n) is 10.1. The maximum absolute atomic E-state index is 6.08. The van der Waals surface area contributed by atoms with Crippen LogP contribution in [0, 0.1) is 83.1 Å². The van der Waals surface area contributed by atoms with Gasteiger partial charge in [-0.15, -0.1) is 0 Å². The van der Waals surface area contributed by atoms with Crippen molar-refractivity contribution in [3.05, 3.63) is 419 Å². The molecular formula is C97H97O14P5. The largest absolute Gasteiger partial charge is 0.530 e. The van der Waals surface area contributed by atoms with E-state index in [2.05, 4.69) is 0 Å². The van der Waals surface area contributed by atoms with E-state index in [0.717, 1.165) is 114 Å². The van der Waals surface area contributed by atoms with E-state index in [9.17, 15) is 0 Å². The van der Waals surface area contributed by atoms with Crippen LogP contribution in [-0.2, 0) is 0 Å². The molecule has 0 heterocycles. The maximum Gasteiger partial charge on any atom is 0.530 e. The molecule has 0 unspecified atom stereocenters. The van der Waals surface area contributed by atoms with Gasteiger partial charge in [0, 0.05) is 6.66 Å². The summed E-state index contributed by atoms with van der Waals surface area (Å²) in [6.45, 7) is 26.3. The molecule has 14 rings (SSSR count). The lowest BCUT2D eigenvalue weighted by molar-refractivity contribution is 0.384. The van der Waals surface area contributed by atoms with Crippen molar-refractivity contribution in [2.75, 3.05) is 6.66 Å². The maximum atomic E-state index is 6.08. The van der Waals surface area contributed by atoms with Crippen molar-refractivity contribution in [1.82, 2.24) is 0 Å². The summed E-state index contributed by atoms with van der Waals surface area (Å²) < 4.78 is 83.3. The fourth-order valence-corrected chi connectivity index (χ4v) is 15.1. The summed E-state index contributed by atoms with van der Waals surface area (Å²) in [5.41, 5.74) is 13.5. The van der Waals surface area contributed by atoms with Gasteiger partial charge in [0.1, 0.15) is 80.5 Å². The molecule has 0 spiro atoms. The van der Waals surface area contributed by atoms with Crippen LogP contribution in [0.5, 0.6) is 80.5 Å². The Morgan fingerprint density at radius 1 is 0.147 bits per heavy atom. The standard InChI is InChI=1S/4C21H21O3P.C13H13O2P/c2*1-16-4-10-19(11-5-16)22-25(23-20-12-6-17(2)7-13-20)24-21-14-8-18(3)9-15-21;1-16-7-4-10-19(13-16)22-25(23-20-11-5-8-17(2)14-20)24-21-12-6-9-18(3)15-21;1-16-10-4-7-13-19(16)22-25(23-20-14-8-5-11-17(20)2)24-21-15-9-6-12-18(21)3;1-16(14-12-8-4-2-5-9-12)15-13-10-6-3-7-11-13/h4*4-15H,1-3H3;2-11H,1H3. The van der Waals surface area contributed by atoms with Crippen LogP contribution < -0.4 is 63.3 Å². The van der Waals surface area contributed by atoms with Gasteiger partial charge in [-0.05, 0) is 268 Å². The van der Waals surface area contributed by atoms with Crippen LogP contribution in [0.4, 0.5) is 0 Å². The Bertz CT molecular complexity index is 4570. The Kier molecular flexibility index (Phi) is 34.5. The molecule has 0 radical (unpaired) electrons. The van der Waals surface area contributed by atoms with Crippen LogP contribution in [-0.4, -0.2) is 6.66 Å². The van der Waals surface area contributed by atoms with Crippen molar-refractivity contribution < 1.29 is 63.3 Å². The first-order chi connectivity index (χ1) is 56.2. The van der Waals surface area contributed by atoms with Gasteiger partial charge < -0.3 is 63.3 Å². The summed E-state index contributed by atoms with van der Waals surface area (Å²) in [6.07, 6.45) is 0. The van der Waals surface area contributed by atoms with Gasteiger partial charge in [-0.1, -0.05) is 234 Å². The van der Waals surface area contributed by atoms with Crippen LogP contribution in [0.3, 0.4) is 0 Å². The van der Waals surface area contributed by atoms with Gasteiger partial charge in [-0.3, -0.25) is 0 Å². The molecule has 0 atom stereocenters. The van der Waals surface area contributed by atoms with E-state index in [4.69, 9.17) is 63.3 Å². The molecule has 14 aromatic carbocycles. The van der Waals surface area contributed by atoms with Crippen molar-refractivity contribution in [2.24, 2.45) is 0 Å². The number of hydrogen-bond acceptors (Lipinski definition) is 14. The third-order valence-corrected chi connectivity index (χ3v) is 21.7. The third kappa shape index (κ3) is 31.3. The zero-order valence-electron chi connectivity index (χ0n) is 67.4. The smallest absolute Gasteiger partial charge is 0.439 e. The topological polar surface area (TPSA) is 129 Å². The highest BCUT2D eigenvalue weighted by Gasteiger charge is 2.25. The summed E-state index contributed by atoms with van der Waals surface area (Å²) >= 11 is 0. The molecule has 14 nitrogen and oxygen atoms in total. The Balaban J connectivity index is 0.000000154. The predicted molar refractivity (Wildman–Crippen MR) is 476 cm³/mol. The summed E-state index contributed by atoms with van der Waals surface area (Å²) in [5.74, 6) is 10.5. The van der Waals surface area contributed by atoms with Crippen LogP contribution in [0.1, 0.15) is 66.8 Å². The molecule has 0 aliphatic carbocycles. The minimum Gasteiger partial charge on any atom is -0.439 e.